The normalized spacial score (nSPS) is 11.3. The van der Waals surface area contributed by atoms with Crippen molar-refractivity contribution in [1.82, 2.24) is 4.72 Å². The lowest BCUT2D eigenvalue weighted by Gasteiger charge is -2.05. The molecule has 0 aromatic heterocycles. The summed E-state index contributed by atoms with van der Waals surface area (Å²) in [6.07, 6.45) is 0.608. The van der Waals surface area contributed by atoms with Crippen LogP contribution in [0.5, 0.6) is 0 Å². The molecule has 1 rings (SSSR count). The summed E-state index contributed by atoms with van der Waals surface area (Å²) in [6, 6.07) is 8.91. The van der Waals surface area contributed by atoms with Crippen molar-refractivity contribution >= 4 is 15.9 Å². The Balaban J connectivity index is 2.39. The molecule has 0 saturated heterocycles. The van der Waals surface area contributed by atoms with Gasteiger partial charge in [-0.25, -0.2) is 13.1 Å². The van der Waals surface area contributed by atoms with Crippen LogP contribution in [0, 0.1) is 0 Å². The molecule has 0 saturated carbocycles. The highest BCUT2D eigenvalue weighted by atomic mass is 32.2. The van der Waals surface area contributed by atoms with Crippen LogP contribution in [0.4, 0.5) is 0 Å². The molecule has 0 aliphatic rings. The number of primary amides is 1. The second kappa shape index (κ2) is 6.36. The maximum Gasteiger partial charge on any atom is 0.217 e. The smallest absolute Gasteiger partial charge is 0.217 e. The molecule has 1 amide bonds. The molecular weight excluding hydrogens is 240 g/mol. The molecular formula is C11H16N2O3S. The molecule has 0 unspecified atom stereocenters. The minimum Gasteiger partial charge on any atom is -0.370 e. The molecule has 0 atom stereocenters. The van der Waals surface area contributed by atoms with Crippen molar-refractivity contribution in [2.24, 2.45) is 5.73 Å². The van der Waals surface area contributed by atoms with Gasteiger partial charge in [-0.15, -0.1) is 0 Å². The van der Waals surface area contributed by atoms with Crippen molar-refractivity contribution < 1.29 is 13.2 Å². The Morgan fingerprint density at radius 2 is 1.88 bits per heavy atom. The first-order chi connectivity index (χ1) is 7.99. The number of hydrogen-bond donors (Lipinski definition) is 2. The Kier molecular flexibility index (Phi) is 5.11. The van der Waals surface area contributed by atoms with Gasteiger partial charge in [0.15, 0.2) is 0 Å². The fourth-order valence-corrected chi connectivity index (χ4v) is 2.52. The fraction of sp³-hybridized carbons (Fsp3) is 0.364. The first kappa shape index (κ1) is 13.7. The molecule has 0 fully saturated rings. The van der Waals surface area contributed by atoms with Gasteiger partial charge < -0.3 is 5.73 Å². The summed E-state index contributed by atoms with van der Waals surface area (Å²) in [5.41, 5.74) is 5.68. The van der Waals surface area contributed by atoms with E-state index in [2.05, 4.69) is 4.72 Å². The molecule has 0 spiro atoms. The van der Waals surface area contributed by atoms with Gasteiger partial charge in [0, 0.05) is 13.0 Å². The van der Waals surface area contributed by atoms with Crippen LogP contribution in [-0.2, 0) is 20.6 Å². The second-order valence-electron chi connectivity index (χ2n) is 3.71. The van der Waals surface area contributed by atoms with E-state index in [0.29, 0.717) is 6.42 Å². The number of rotatable bonds is 7. The lowest BCUT2D eigenvalue weighted by Crippen LogP contribution is -2.27. The first-order valence-corrected chi connectivity index (χ1v) is 6.94. The average Bonchev–Trinajstić information content (AvgIpc) is 2.25. The van der Waals surface area contributed by atoms with Crippen molar-refractivity contribution in [2.45, 2.75) is 18.6 Å². The fourth-order valence-electron chi connectivity index (χ4n) is 1.33. The maximum absolute atomic E-state index is 11.6. The predicted octanol–water partition coefficient (Wildman–Crippen LogP) is 0.372. The van der Waals surface area contributed by atoms with Gasteiger partial charge in [-0.1, -0.05) is 30.3 Å². The highest BCUT2D eigenvalue weighted by Gasteiger charge is 2.10. The minimum absolute atomic E-state index is 0.0512. The van der Waals surface area contributed by atoms with Crippen molar-refractivity contribution in [3.8, 4) is 0 Å². The minimum atomic E-state index is -3.33. The Morgan fingerprint density at radius 3 is 2.47 bits per heavy atom. The monoisotopic (exact) mass is 256 g/mol. The third-order valence-corrected chi connectivity index (χ3v) is 3.48. The molecule has 0 bridgehead atoms. The topological polar surface area (TPSA) is 89.3 Å². The van der Waals surface area contributed by atoms with E-state index in [-0.39, 0.29) is 18.7 Å². The zero-order chi connectivity index (χ0) is 12.7. The van der Waals surface area contributed by atoms with Crippen molar-refractivity contribution in [3.63, 3.8) is 0 Å². The highest BCUT2D eigenvalue weighted by molar-refractivity contribution is 7.88. The summed E-state index contributed by atoms with van der Waals surface area (Å²) < 4.78 is 25.7. The maximum atomic E-state index is 11.6. The largest absolute Gasteiger partial charge is 0.370 e. The zero-order valence-corrected chi connectivity index (χ0v) is 10.2. The van der Waals surface area contributed by atoms with Crippen LogP contribution >= 0.6 is 0 Å². The van der Waals surface area contributed by atoms with Crippen LogP contribution in [0.1, 0.15) is 18.4 Å². The first-order valence-electron chi connectivity index (χ1n) is 5.29. The molecule has 6 heteroatoms. The van der Waals surface area contributed by atoms with Gasteiger partial charge in [0.05, 0.1) is 5.75 Å². The van der Waals surface area contributed by atoms with Gasteiger partial charge in [0.1, 0.15) is 0 Å². The van der Waals surface area contributed by atoms with Crippen LogP contribution < -0.4 is 10.5 Å². The summed E-state index contributed by atoms with van der Waals surface area (Å²) in [5.74, 6) is -0.475. The van der Waals surface area contributed by atoms with E-state index in [1.54, 1.807) is 24.3 Å². The Labute approximate surface area is 101 Å². The second-order valence-corrected chi connectivity index (χ2v) is 5.52. The zero-order valence-electron chi connectivity index (χ0n) is 9.43. The number of nitrogens with one attached hydrogen (secondary N) is 1. The van der Waals surface area contributed by atoms with E-state index in [0.717, 1.165) is 5.56 Å². The number of nitrogens with two attached hydrogens (primary N) is 1. The summed E-state index contributed by atoms with van der Waals surface area (Å²) in [5, 5.41) is 0. The molecule has 0 radical (unpaired) electrons. The molecule has 0 heterocycles. The molecule has 0 aliphatic carbocycles. The summed E-state index contributed by atoms with van der Waals surface area (Å²) in [6.45, 7) is 0.234. The molecule has 1 aromatic rings. The summed E-state index contributed by atoms with van der Waals surface area (Å²) in [7, 11) is -3.33. The molecule has 3 N–H and O–H groups in total. The van der Waals surface area contributed by atoms with E-state index in [9.17, 15) is 13.2 Å². The quantitative estimate of drug-likeness (QED) is 0.691. The van der Waals surface area contributed by atoms with Gasteiger partial charge in [-0.3, -0.25) is 4.79 Å². The SMILES string of the molecule is NC(=O)CCCNS(=O)(=O)Cc1ccccc1. The van der Waals surface area contributed by atoms with Crippen LogP contribution in [0.15, 0.2) is 30.3 Å². The Hall–Kier alpha value is -1.40. The standard InChI is InChI=1S/C11H16N2O3S/c12-11(14)7-4-8-13-17(15,16)9-10-5-2-1-3-6-10/h1-3,5-6,13H,4,7-9H2,(H2,12,14). The number of amides is 1. The van der Waals surface area contributed by atoms with E-state index in [1.807, 2.05) is 6.07 Å². The Bertz CT molecular complexity index is 457. The van der Waals surface area contributed by atoms with Crippen LogP contribution in [0.2, 0.25) is 0 Å². The average molecular weight is 256 g/mol. The van der Waals surface area contributed by atoms with Gasteiger partial charge >= 0.3 is 0 Å². The summed E-state index contributed by atoms with van der Waals surface area (Å²) in [4.78, 5) is 10.5. The number of carbonyl (C=O) groups excluding carboxylic acids is 1. The number of sulfonamides is 1. The molecule has 1 aromatic carbocycles. The Morgan fingerprint density at radius 1 is 1.24 bits per heavy atom. The lowest BCUT2D eigenvalue weighted by atomic mass is 10.2. The third-order valence-electron chi connectivity index (χ3n) is 2.12. The van der Waals surface area contributed by atoms with E-state index >= 15 is 0 Å². The van der Waals surface area contributed by atoms with Crippen molar-refractivity contribution in [3.05, 3.63) is 35.9 Å². The number of hydrogen-bond acceptors (Lipinski definition) is 3. The number of benzene rings is 1. The van der Waals surface area contributed by atoms with E-state index in [4.69, 9.17) is 5.73 Å². The van der Waals surface area contributed by atoms with Gasteiger partial charge in [0.25, 0.3) is 0 Å². The molecule has 0 aliphatic heterocycles. The summed E-state index contributed by atoms with van der Waals surface area (Å²) >= 11 is 0. The van der Waals surface area contributed by atoms with Crippen molar-refractivity contribution in [2.75, 3.05) is 6.54 Å². The van der Waals surface area contributed by atoms with Crippen LogP contribution in [-0.4, -0.2) is 20.9 Å². The third kappa shape index (κ3) is 6.03. The predicted molar refractivity (Wildman–Crippen MR) is 65.5 cm³/mol. The van der Waals surface area contributed by atoms with Gasteiger partial charge in [-0.05, 0) is 12.0 Å². The molecule has 94 valence electrons. The number of carbonyl (C=O) groups is 1. The van der Waals surface area contributed by atoms with Crippen LogP contribution in [0.3, 0.4) is 0 Å². The van der Waals surface area contributed by atoms with Crippen molar-refractivity contribution in [1.29, 1.82) is 0 Å². The van der Waals surface area contributed by atoms with Gasteiger partial charge in [0.2, 0.25) is 15.9 Å². The molecule has 17 heavy (non-hydrogen) atoms. The van der Waals surface area contributed by atoms with E-state index < -0.39 is 15.9 Å². The van der Waals surface area contributed by atoms with Gasteiger partial charge in [-0.2, -0.15) is 0 Å². The molecule has 5 nitrogen and oxygen atoms in total. The van der Waals surface area contributed by atoms with E-state index in [1.165, 1.54) is 0 Å². The lowest BCUT2D eigenvalue weighted by molar-refractivity contribution is -0.118. The highest BCUT2D eigenvalue weighted by Crippen LogP contribution is 2.03. The van der Waals surface area contributed by atoms with Crippen LogP contribution in [0.25, 0.3) is 0 Å².